The number of hydrogen-bond donors (Lipinski definition) is 2. The van der Waals surface area contributed by atoms with Gasteiger partial charge in [0.25, 0.3) is 0 Å². The van der Waals surface area contributed by atoms with Crippen LogP contribution in [0.15, 0.2) is 12.1 Å². The summed E-state index contributed by atoms with van der Waals surface area (Å²) in [5.41, 5.74) is 0.897. The molecule has 1 aliphatic heterocycles. The van der Waals surface area contributed by atoms with E-state index in [1.165, 1.54) is 11.8 Å². The standard InChI is InChI=1S/C13H17NO5S/c1-17-8-4-7(5-9(18-2)11(8)19-3)12-14-6-10(20-12)13(15)16/h4-5,10,12,14H,6H2,1-3H3,(H,15,16)/t10-,12-/m1/s1. The van der Waals surface area contributed by atoms with Gasteiger partial charge >= 0.3 is 5.97 Å². The Morgan fingerprint density at radius 3 is 2.25 bits per heavy atom. The highest BCUT2D eigenvalue weighted by atomic mass is 32.2. The Morgan fingerprint density at radius 2 is 1.85 bits per heavy atom. The number of methoxy groups -OCH3 is 3. The number of aliphatic carboxylic acids is 1. The van der Waals surface area contributed by atoms with Crippen LogP contribution >= 0.6 is 11.8 Å². The third kappa shape index (κ3) is 2.78. The van der Waals surface area contributed by atoms with E-state index in [-0.39, 0.29) is 5.37 Å². The van der Waals surface area contributed by atoms with E-state index in [9.17, 15) is 4.79 Å². The molecule has 1 aromatic rings. The van der Waals surface area contributed by atoms with Crippen molar-refractivity contribution in [2.75, 3.05) is 27.9 Å². The monoisotopic (exact) mass is 299 g/mol. The third-order valence-corrected chi connectivity index (χ3v) is 4.46. The predicted octanol–water partition coefficient (Wildman–Crippen LogP) is 1.50. The molecular formula is C13H17NO5S. The highest BCUT2D eigenvalue weighted by molar-refractivity contribution is 8.01. The molecule has 0 saturated carbocycles. The Balaban J connectivity index is 2.31. The van der Waals surface area contributed by atoms with E-state index in [0.29, 0.717) is 23.8 Å². The van der Waals surface area contributed by atoms with Gasteiger partial charge in [-0.15, -0.1) is 11.8 Å². The van der Waals surface area contributed by atoms with Crippen LogP contribution in [0, 0.1) is 0 Å². The van der Waals surface area contributed by atoms with E-state index in [1.54, 1.807) is 21.3 Å². The van der Waals surface area contributed by atoms with E-state index >= 15 is 0 Å². The first-order chi connectivity index (χ1) is 9.60. The lowest BCUT2D eigenvalue weighted by molar-refractivity contribution is -0.136. The van der Waals surface area contributed by atoms with Gasteiger partial charge in [0.05, 0.1) is 26.7 Å². The van der Waals surface area contributed by atoms with Gasteiger partial charge in [0, 0.05) is 6.54 Å². The molecule has 110 valence electrons. The number of benzene rings is 1. The summed E-state index contributed by atoms with van der Waals surface area (Å²) in [7, 11) is 4.65. The smallest absolute Gasteiger partial charge is 0.318 e. The van der Waals surface area contributed by atoms with E-state index in [1.807, 2.05) is 12.1 Å². The zero-order chi connectivity index (χ0) is 14.7. The van der Waals surface area contributed by atoms with E-state index < -0.39 is 11.2 Å². The molecule has 1 aromatic carbocycles. The number of carbonyl (C=O) groups is 1. The van der Waals surface area contributed by atoms with Crippen LogP contribution < -0.4 is 19.5 Å². The second kappa shape index (κ2) is 6.23. The zero-order valence-corrected chi connectivity index (χ0v) is 12.3. The molecule has 2 atom stereocenters. The maximum Gasteiger partial charge on any atom is 0.318 e. The first-order valence-electron chi connectivity index (χ1n) is 6.02. The van der Waals surface area contributed by atoms with Gasteiger partial charge < -0.3 is 19.3 Å². The summed E-state index contributed by atoms with van der Waals surface area (Å²) in [6.07, 6.45) is 0. The first-order valence-corrected chi connectivity index (χ1v) is 6.96. The van der Waals surface area contributed by atoms with Crippen molar-refractivity contribution < 1.29 is 24.1 Å². The number of hydrogen-bond acceptors (Lipinski definition) is 6. The van der Waals surface area contributed by atoms with Gasteiger partial charge in [-0.25, -0.2) is 0 Å². The summed E-state index contributed by atoms with van der Waals surface area (Å²) in [6, 6.07) is 3.66. The highest BCUT2D eigenvalue weighted by Gasteiger charge is 2.32. The Morgan fingerprint density at radius 1 is 1.25 bits per heavy atom. The lowest BCUT2D eigenvalue weighted by Crippen LogP contribution is -2.21. The van der Waals surface area contributed by atoms with E-state index in [0.717, 1.165) is 5.56 Å². The van der Waals surface area contributed by atoms with Gasteiger partial charge in [-0.05, 0) is 17.7 Å². The number of carboxylic acids is 1. The normalized spacial score (nSPS) is 21.6. The number of thioether (sulfide) groups is 1. The number of ether oxygens (including phenoxy) is 3. The number of nitrogens with one attached hydrogen (secondary N) is 1. The summed E-state index contributed by atoms with van der Waals surface area (Å²) in [6.45, 7) is 0.432. The maximum atomic E-state index is 11.0. The Labute approximate surface area is 121 Å². The zero-order valence-electron chi connectivity index (χ0n) is 11.5. The van der Waals surface area contributed by atoms with Crippen LogP contribution in [0.3, 0.4) is 0 Å². The van der Waals surface area contributed by atoms with Crippen LogP contribution in [0.5, 0.6) is 17.2 Å². The molecule has 6 nitrogen and oxygen atoms in total. The third-order valence-electron chi connectivity index (χ3n) is 3.05. The molecule has 0 unspecified atom stereocenters. The summed E-state index contributed by atoms with van der Waals surface area (Å²) >= 11 is 1.36. The van der Waals surface area contributed by atoms with Gasteiger partial charge in [0.2, 0.25) is 5.75 Å². The van der Waals surface area contributed by atoms with Gasteiger partial charge in [-0.2, -0.15) is 0 Å². The van der Waals surface area contributed by atoms with E-state index in [2.05, 4.69) is 5.32 Å². The van der Waals surface area contributed by atoms with Crippen molar-refractivity contribution in [1.29, 1.82) is 0 Å². The van der Waals surface area contributed by atoms with Crippen molar-refractivity contribution in [3.8, 4) is 17.2 Å². The molecule has 1 aliphatic rings. The number of carboxylic acid groups (broad SMARTS) is 1. The molecule has 0 radical (unpaired) electrons. The molecule has 0 aromatic heterocycles. The van der Waals surface area contributed by atoms with Crippen LogP contribution in [-0.2, 0) is 4.79 Å². The van der Waals surface area contributed by atoms with Crippen molar-refractivity contribution in [1.82, 2.24) is 5.32 Å². The molecule has 2 N–H and O–H groups in total. The Kier molecular flexibility index (Phi) is 4.61. The van der Waals surface area contributed by atoms with Crippen LogP contribution in [0.4, 0.5) is 0 Å². The molecule has 0 aliphatic carbocycles. The molecule has 1 heterocycles. The van der Waals surface area contributed by atoms with Crippen molar-refractivity contribution in [3.05, 3.63) is 17.7 Å². The minimum Gasteiger partial charge on any atom is -0.493 e. The van der Waals surface area contributed by atoms with Gasteiger partial charge in [-0.1, -0.05) is 0 Å². The fourth-order valence-corrected chi connectivity index (χ4v) is 3.19. The van der Waals surface area contributed by atoms with E-state index in [4.69, 9.17) is 19.3 Å². The van der Waals surface area contributed by atoms with Crippen molar-refractivity contribution in [2.24, 2.45) is 0 Å². The quantitative estimate of drug-likeness (QED) is 0.853. The topological polar surface area (TPSA) is 77.0 Å². The molecule has 1 fully saturated rings. The van der Waals surface area contributed by atoms with Crippen LogP contribution in [0.2, 0.25) is 0 Å². The average Bonchev–Trinajstić information content (AvgIpc) is 2.95. The van der Waals surface area contributed by atoms with Crippen molar-refractivity contribution >= 4 is 17.7 Å². The van der Waals surface area contributed by atoms with Gasteiger partial charge in [-0.3, -0.25) is 10.1 Å². The maximum absolute atomic E-state index is 11.0. The Bertz CT molecular complexity index is 483. The minimum absolute atomic E-state index is 0.107. The molecule has 7 heteroatoms. The molecule has 20 heavy (non-hydrogen) atoms. The molecule has 1 saturated heterocycles. The lowest BCUT2D eigenvalue weighted by Gasteiger charge is -2.17. The average molecular weight is 299 g/mol. The summed E-state index contributed by atoms with van der Waals surface area (Å²) in [5.74, 6) is 0.833. The number of rotatable bonds is 5. The van der Waals surface area contributed by atoms with Crippen LogP contribution in [0.25, 0.3) is 0 Å². The van der Waals surface area contributed by atoms with Gasteiger partial charge in [0.15, 0.2) is 11.5 Å². The Hall–Kier alpha value is -1.60. The molecule has 0 amide bonds. The molecule has 0 bridgehead atoms. The fourth-order valence-electron chi connectivity index (χ4n) is 2.07. The highest BCUT2D eigenvalue weighted by Crippen LogP contribution is 2.43. The van der Waals surface area contributed by atoms with Crippen LogP contribution in [-0.4, -0.2) is 44.2 Å². The molecule has 0 spiro atoms. The summed E-state index contributed by atoms with van der Waals surface area (Å²) in [4.78, 5) is 11.0. The molecular weight excluding hydrogens is 282 g/mol. The van der Waals surface area contributed by atoms with Crippen molar-refractivity contribution in [3.63, 3.8) is 0 Å². The molecule has 2 rings (SSSR count). The van der Waals surface area contributed by atoms with Gasteiger partial charge in [0.1, 0.15) is 5.25 Å². The predicted molar refractivity (Wildman–Crippen MR) is 75.9 cm³/mol. The second-order valence-corrected chi connectivity index (χ2v) is 5.52. The first kappa shape index (κ1) is 14.8. The second-order valence-electron chi connectivity index (χ2n) is 4.21. The minimum atomic E-state index is -0.808. The fraction of sp³-hybridized carbons (Fsp3) is 0.462. The lowest BCUT2D eigenvalue weighted by atomic mass is 10.1. The SMILES string of the molecule is COc1cc([C@@H]2NC[C@H](C(=O)O)S2)cc(OC)c1OC. The largest absolute Gasteiger partial charge is 0.493 e. The summed E-state index contributed by atoms with van der Waals surface area (Å²) < 4.78 is 15.9. The van der Waals surface area contributed by atoms with Crippen molar-refractivity contribution in [2.45, 2.75) is 10.6 Å². The van der Waals surface area contributed by atoms with Crippen LogP contribution in [0.1, 0.15) is 10.9 Å². The summed E-state index contributed by atoms with van der Waals surface area (Å²) in [5, 5.41) is 11.7.